The molecule has 20 heavy (non-hydrogen) atoms. The second kappa shape index (κ2) is 7.41. The van der Waals surface area contributed by atoms with Crippen LogP contribution in [-0.4, -0.2) is 6.54 Å². The van der Waals surface area contributed by atoms with Crippen molar-refractivity contribution in [3.8, 4) is 11.5 Å². The van der Waals surface area contributed by atoms with Crippen molar-refractivity contribution >= 4 is 15.9 Å². The van der Waals surface area contributed by atoms with Gasteiger partial charge < -0.3 is 10.1 Å². The Labute approximate surface area is 127 Å². The molecule has 2 aromatic carbocycles. The Morgan fingerprint density at radius 3 is 2.85 bits per heavy atom. The summed E-state index contributed by atoms with van der Waals surface area (Å²) in [5, 5.41) is 3.34. The minimum absolute atomic E-state index is 0.316. The molecule has 2 aromatic rings. The molecule has 4 heteroatoms. The summed E-state index contributed by atoms with van der Waals surface area (Å²) in [5.74, 6) is 0.861. The van der Waals surface area contributed by atoms with Crippen molar-refractivity contribution in [2.45, 2.75) is 19.9 Å². The minimum atomic E-state index is -0.316. The maximum Gasteiger partial charge on any atom is 0.144 e. The average Bonchev–Trinajstić information content (AvgIpc) is 2.44. The van der Waals surface area contributed by atoms with Crippen LogP contribution < -0.4 is 10.1 Å². The Morgan fingerprint density at radius 1 is 1.20 bits per heavy atom. The summed E-state index contributed by atoms with van der Waals surface area (Å²) < 4.78 is 19.7. The first kappa shape index (κ1) is 15.0. The first-order chi connectivity index (χ1) is 9.69. The summed E-state index contributed by atoms with van der Waals surface area (Å²) in [6.07, 6.45) is 1.10. The fourth-order valence-corrected chi connectivity index (χ4v) is 2.14. The van der Waals surface area contributed by atoms with Crippen LogP contribution in [-0.2, 0) is 6.54 Å². The number of rotatable bonds is 6. The Morgan fingerprint density at radius 2 is 2.05 bits per heavy atom. The molecule has 0 bridgehead atoms. The summed E-state index contributed by atoms with van der Waals surface area (Å²) in [6, 6.07) is 12.2. The standard InChI is InChI=1S/C16H17BrFNO/c1-2-8-19-11-12-4-3-5-14(9-12)20-16-10-13(18)6-7-15(16)17/h3-7,9-10,19H,2,8,11H2,1H3. The average molecular weight is 338 g/mol. The van der Waals surface area contributed by atoms with Crippen molar-refractivity contribution in [1.82, 2.24) is 5.32 Å². The molecule has 1 N–H and O–H groups in total. The molecule has 0 unspecified atom stereocenters. The van der Waals surface area contributed by atoms with E-state index in [9.17, 15) is 4.39 Å². The molecule has 0 aliphatic rings. The Hall–Kier alpha value is -1.39. The minimum Gasteiger partial charge on any atom is -0.456 e. The highest BCUT2D eigenvalue weighted by atomic mass is 79.9. The maximum absolute atomic E-state index is 13.2. The van der Waals surface area contributed by atoms with Gasteiger partial charge in [0.1, 0.15) is 17.3 Å². The zero-order valence-electron chi connectivity index (χ0n) is 11.3. The lowest BCUT2D eigenvalue weighted by Gasteiger charge is -2.10. The van der Waals surface area contributed by atoms with Gasteiger partial charge in [-0.2, -0.15) is 0 Å². The monoisotopic (exact) mass is 337 g/mol. The highest BCUT2D eigenvalue weighted by molar-refractivity contribution is 9.10. The Kier molecular flexibility index (Phi) is 5.56. The van der Waals surface area contributed by atoms with Crippen LogP contribution in [0.15, 0.2) is 46.9 Å². The predicted octanol–water partition coefficient (Wildman–Crippen LogP) is 4.88. The molecule has 0 saturated heterocycles. The van der Waals surface area contributed by atoms with Gasteiger partial charge in [-0.25, -0.2) is 4.39 Å². The topological polar surface area (TPSA) is 21.3 Å². The molecule has 0 radical (unpaired) electrons. The van der Waals surface area contributed by atoms with E-state index in [2.05, 4.69) is 28.2 Å². The van der Waals surface area contributed by atoms with E-state index in [4.69, 9.17) is 4.74 Å². The third-order valence-corrected chi connectivity index (χ3v) is 3.43. The molecule has 0 amide bonds. The van der Waals surface area contributed by atoms with Crippen molar-refractivity contribution in [1.29, 1.82) is 0 Å². The SMILES string of the molecule is CCCNCc1cccc(Oc2cc(F)ccc2Br)c1. The van der Waals surface area contributed by atoms with Crippen LogP contribution in [0.5, 0.6) is 11.5 Å². The number of hydrogen-bond donors (Lipinski definition) is 1. The van der Waals surface area contributed by atoms with Gasteiger partial charge in [0.25, 0.3) is 0 Å². The molecule has 106 valence electrons. The lowest BCUT2D eigenvalue weighted by Crippen LogP contribution is -2.13. The molecule has 0 heterocycles. The van der Waals surface area contributed by atoms with Gasteiger partial charge in [-0.15, -0.1) is 0 Å². The van der Waals surface area contributed by atoms with E-state index in [1.54, 1.807) is 6.07 Å². The fraction of sp³-hybridized carbons (Fsp3) is 0.250. The molecular formula is C16H17BrFNO. The molecule has 0 fully saturated rings. The van der Waals surface area contributed by atoms with Crippen LogP contribution in [0.1, 0.15) is 18.9 Å². The number of halogens is 2. The molecule has 0 aliphatic carbocycles. The predicted molar refractivity (Wildman–Crippen MR) is 82.6 cm³/mol. The molecule has 0 atom stereocenters. The smallest absolute Gasteiger partial charge is 0.144 e. The van der Waals surface area contributed by atoms with Gasteiger partial charge >= 0.3 is 0 Å². The first-order valence-electron chi connectivity index (χ1n) is 6.61. The molecular weight excluding hydrogens is 321 g/mol. The third-order valence-electron chi connectivity index (χ3n) is 2.78. The molecule has 0 aromatic heterocycles. The van der Waals surface area contributed by atoms with Gasteiger partial charge in [0.05, 0.1) is 4.47 Å². The number of benzene rings is 2. The quantitative estimate of drug-likeness (QED) is 0.758. The molecule has 2 rings (SSSR count). The van der Waals surface area contributed by atoms with E-state index in [0.29, 0.717) is 11.5 Å². The highest BCUT2D eigenvalue weighted by Crippen LogP contribution is 2.30. The lowest BCUT2D eigenvalue weighted by atomic mass is 10.2. The van der Waals surface area contributed by atoms with Crippen molar-refractivity contribution in [2.75, 3.05) is 6.54 Å². The van der Waals surface area contributed by atoms with Crippen LogP contribution in [0.25, 0.3) is 0 Å². The van der Waals surface area contributed by atoms with E-state index in [-0.39, 0.29) is 5.82 Å². The fourth-order valence-electron chi connectivity index (χ4n) is 1.81. The van der Waals surface area contributed by atoms with Crippen molar-refractivity contribution in [3.05, 3.63) is 58.3 Å². The first-order valence-corrected chi connectivity index (χ1v) is 7.41. The lowest BCUT2D eigenvalue weighted by molar-refractivity contribution is 0.472. The van der Waals surface area contributed by atoms with Crippen LogP contribution >= 0.6 is 15.9 Å². The summed E-state index contributed by atoms with van der Waals surface area (Å²) in [4.78, 5) is 0. The van der Waals surface area contributed by atoms with Crippen LogP contribution in [0, 0.1) is 5.82 Å². The van der Waals surface area contributed by atoms with Gasteiger partial charge in [-0.3, -0.25) is 0 Å². The van der Waals surface area contributed by atoms with E-state index in [1.807, 2.05) is 24.3 Å². The van der Waals surface area contributed by atoms with Crippen LogP contribution in [0.2, 0.25) is 0 Å². The summed E-state index contributed by atoms with van der Waals surface area (Å²) in [6.45, 7) is 3.92. The van der Waals surface area contributed by atoms with E-state index < -0.39 is 0 Å². The Bertz CT molecular complexity index is 574. The number of ether oxygens (including phenoxy) is 1. The van der Waals surface area contributed by atoms with Gasteiger partial charge in [0, 0.05) is 12.6 Å². The number of nitrogens with one attached hydrogen (secondary N) is 1. The van der Waals surface area contributed by atoms with E-state index >= 15 is 0 Å². The third kappa shape index (κ3) is 4.32. The Balaban J connectivity index is 2.09. The molecule has 0 spiro atoms. The van der Waals surface area contributed by atoms with Gasteiger partial charge in [0.2, 0.25) is 0 Å². The largest absolute Gasteiger partial charge is 0.456 e. The van der Waals surface area contributed by atoms with Crippen molar-refractivity contribution in [2.24, 2.45) is 0 Å². The second-order valence-electron chi connectivity index (χ2n) is 4.50. The highest BCUT2D eigenvalue weighted by Gasteiger charge is 2.05. The number of hydrogen-bond acceptors (Lipinski definition) is 2. The summed E-state index contributed by atoms with van der Waals surface area (Å²) in [7, 11) is 0. The molecule has 0 aliphatic heterocycles. The van der Waals surface area contributed by atoms with Crippen molar-refractivity contribution in [3.63, 3.8) is 0 Å². The summed E-state index contributed by atoms with van der Waals surface area (Å²) in [5.41, 5.74) is 1.14. The van der Waals surface area contributed by atoms with Crippen LogP contribution in [0.4, 0.5) is 4.39 Å². The zero-order chi connectivity index (χ0) is 14.4. The van der Waals surface area contributed by atoms with Crippen LogP contribution in [0.3, 0.4) is 0 Å². The normalized spacial score (nSPS) is 10.6. The van der Waals surface area contributed by atoms with E-state index in [1.165, 1.54) is 12.1 Å². The second-order valence-corrected chi connectivity index (χ2v) is 5.36. The zero-order valence-corrected chi connectivity index (χ0v) is 12.9. The molecule has 2 nitrogen and oxygen atoms in total. The summed E-state index contributed by atoms with van der Waals surface area (Å²) >= 11 is 3.35. The van der Waals surface area contributed by atoms with Gasteiger partial charge in [-0.1, -0.05) is 19.1 Å². The maximum atomic E-state index is 13.2. The van der Waals surface area contributed by atoms with Crippen molar-refractivity contribution < 1.29 is 9.13 Å². The molecule has 0 saturated carbocycles. The van der Waals surface area contributed by atoms with Gasteiger partial charge in [0.15, 0.2) is 0 Å². The van der Waals surface area contributed by atoms with Gasteiger partial charge in [-0.05, 0) is 58.7 Å². The van der Waals surface area contributed by atoms with E-state index in [0.717, 1.165) is 29.5 Å².